The average molecular weight is 985 g/mol. The van der Waals surface area contributed by atoms with E-state index in [0.717, 1.165) is 30.9 Å². The quantitative estimate of drug-likeness (QED) is 0.0607. The van der Waals surface area contributed by atoms with E-state index < -0.39 is 178 Å². The van der Waals surface area contributed by atoms with Gasteiger partial charge >= 0.3 is 19.5 Å². The molecule has 0 bridgehead atoms. The summed E-state index contributed by atoms with van der Waals surface area (Å²) < 4.78 is 57.2. The summed E-state index contributed by atoms with van der Waals surface area (Å²) in [5.74, 6) is -8.08. The first-order valence-corrected chi connectivity index (χ1v) is 22.0. The standard InChI is InChI=1S/C33H53N4O26PS/c1-9(40)35-15-19(45)27(65-8-13-18(44)20(46)23(49)30(60-13)61-25-11(6-39)59-29(56-2)24(50)21(25)47)33(31(51)52,62-26(15)16(42)10(41)5-38)63-64(54,55)57-7-12-17(43)22(48)28(58-12)37-4-3-14(34)36-32(37)53/h3-4,10-13,15-30,38-39,41-50H,5-8H2,1-2H3,(H,35,40)(H,51,52)(H,54,55)(H2,34,36,53)/t10-,11-,12-,13-,15-,16-,17-,18+,19-,20+,21-,22-,23-,24-,25-,26-,27-,28-,29-,30+,33-/m1/s1. The molecule has 5 heterocycles. The van der Waals surface area contributed by atoms with Gasteiger partial charge in [-0.3, -0.25) is 13.9 Å². The van der Waals surface area contributed by atoms with Crippen LogP contribution in [0.15, 0.2) is 17.1 Å². The van der Waals surface area contributed by atoms with Gasteiger partial charge in [-0.2, -0.15) is 4.98 Å². The van der Waals surface area contributed by atoms with Crippen LogP contribution in [0.1, 0.15) is 13.2 Å². The van der Waals surface area contributed by atoms with Crippen molar-refractivity contribution in [3.05, 3.63) is 22.7 Å². The fourth-order valence-electron chi connectivity index (χ4n) is 7.47. The molecule has 372 valence electrons. The molecule has 17 N–H and O–H groups in total. The van der Waals surface area contributed by atoms with Gasteiger partial charge in [-0.05, 0) is 6.07 Å². The van der Waals surface area contributed by atoms with Crippen molar-refractivity contribution in [3.63, 3.8) is 0 Å². The molecule has 65 heavy (non-hydrogen) atoms. The molecule has 1 amide bonds. The molecule has 0 radical (unpaired) electrons. The lowest BCUT2D eigenvalue weighted by atomic mass is 9.88. The smallest absolute Gasteiger partial charge is 0.475 e. The molecule has 0 saturated carbocycles. The van der Waals surface area contributed by atoms with Gasteiger partial charge < -0.3 is 111 Å². The lowest BCUT2D eigenvalue weighted by molar-refractivity contribution is -0.354. The van der Waals surface area contributed by atoms with Crippen LogP contribution in [0.4, 0.5) is 5.82 Å². The Labute approximate surface area is 370 Å². The maximum Gasteiger partial charge on any atom is 0.475 e. The summed E-state index contributed by atoms with van der Waals surface area (Å²) in [5.41, 5.74) is 4.45. The number of aliphatic hydroxyl groups is 12. The number of phosphoric ester groups is 1. The van der Waals surface area contributed by atoms with E-state index in [2.05, 4.69) is 10.3 Å². The molecular formula is C33H53N4O26PS. The van der Waals surface area contributed by atoms with Crippen LogP contribution >= 0.6 is 19.6 Å². The predicted octanol–water partition coefficient (Wildman–Crippen LogP) is -9.28. The van der Waals surface area contributed by atoms with Crippen molar-refractivity contribution >= 4 is 37.3 Å². The number of thioether (sulfide) groups is 1. The second-order valence-corrected chi connectivity index (χ2v) is 17.8. The van der Waals surface area contributed by atoms with E-state index in [4.69, 9.17) is 43.2 Å². The number of rotatable bonds is 18. The third-order valence-corrected chi connectivity index (χ3v) is 13.3. The lowest BCUT2D eigenvalue weighted by Gasteiger charge is -2.51. The van der Waals surface area contributed by atoms with Crippen LogP contribution in [0.5, 0.6) is 0 Å². The largest absolute Gasteiger partial charge is 0.477 e. The van der Waals surface area contributed by atoms with Gasteiger partial charge in [0.15, 0.2) is 18.8 Å². The Morgan fingerprint density at radius 2 is 1.57 bits per heavy atom. The number of hydrogen-bond acceptors (Lipinski definition) is 27. The second-order valence-electron chi connectivity index (χ2n) is 15.3. The van der Waals surface area contributed by atoms with Crippen molar-refractivity contribution in [2.75, 3.05) is 38.4 Å². The first-order chi connectivity index (χ1) is 30.4. The first kappa shape index (κ1) is 53.3. The zero-order valence-corrected chi connectivity index (χ0v) is 35.7. The van der Waals surface area contributed by atoms with Crippen molar-refractivity contribution in [1.29, 1.82) is 0 Å². The van der Waals surface area contributed by atoms with Gasteiger partial charge in [-0.15, -0.1) is 11.8 Å². The molecule has 4 fully saturated rings. The highest BCUT2D eigenvalue weighted by Crippen LogP contribution is 2.54. The SMILES string of the molecule is CO[C@@H]1O[C@H](CO)[C@@H](O[C@@H]2O[C@H](CS[C@@H]3[C@H](O)[C@@H](NC(C)=O)[C@H]([C@H](O)[C@H](O)CO)O[C@]3(OP(=O)(O)OC[C@H]3O[C@@H](n4ccc(N)nc4=O)[C@H](O)[C@@H]3O)C(=O)O)[C@H](O)[C@H](O)[C@H]2O)[C@H](O)[C@H]1O. The average Bonchev–Trinajstić information content (AvgIpc) is 3.53. The fraction of sp³-hybridized carbons (Fsp3) is 0.818. The van der Waals surface area contributed by atoms with Crippen LogP contribution < -0.4 is 16.7 Å². The van der Waals surface area contributed by atoms with E-state index in [9.17, 15) is 90.2 Å². The number of aliphatic hydroxyl groups excluding tert-OH is 12. The van der Waals surface area contributed by atoms with Gasteiger partial charge in [0.1, 0.15) is 85.2 Å². The summed E-state index contributed by atoms with van der Waals surface area (Å²) in [5, 5.41) is 138. The van der Waals surface area contributed by atoms with E-state index in [1.807, 2.05) is 0 Å². The first-order valence-electron chi connectivity index (χ1n) is 19.4. The highest BCUT2D eigenvalue weighted by atomic mass is 32.2. The summed E-state index contributed by atoms with van der Waals surface area (Å²) in [6.45, 7) is -2.36. The maximum absolute atomic E-state index is 13.7. The molecule has 30 nitrogen and oxygen atoms in total. The number of anilines is 1. The second kappa shape index (κ2) is 21.8. The van der Waals surface area contributed by atoms with Gasteiger partial charge in [0.25, 0.3) is 5.79 Å². The number of carbonyl (C=O) groups is 2. The van der Waals surface area contributed by atoms with Crippen LogP contribution in [-0.4, -0.2) is 247 Å². The Kier molecular flexibility index (Phi) is 17.8. The molecule has 4 aliphatic rings. The van der Waals surface area contributed by atoms with Crippen LogP contribution in [0, 0.1) is 0 Å². The Morgan fingerprint density at radius 3 is 2.15 bits per heavy atom. The van der Waals surface area contributed by atoms with Gasteiger partial charge in [0, 0.05) is 26.0 Å². The summed E-state index contributed by atoms with van der Waals surface area (Å²) >= 11 is 0.193. The van der Waals surface area contributed by atoms with Crippen LogP contribution in [-0.2, 0) is 51.6 Å². The lowest BCUT2D eigenvalue weighted by Crippen LogP contribution is -2.73. The number of carbonyl (C=O) groups excluding carboxylic acids is 1. The predicted molar refractivity (Wildman–Crippen MR) is 206 cm³/mol. The Hall–Kier alpha value is -2.64. The number of carboxylic acids is 1. The minimum atomic E-state index is -5.97. The molecular weight excluding hydrogens is 931 g/mol. The van der Waals surface area contributed by atoms with E-state index in [0.29, 0.717) is 0 Å². The molecule has 1 aromatic heterocycles. The highest BCUT2D eigenvalue weighted by Gasteiger charge is 2.65. The highest BCUT2D eigenvalue weighted by molar-refractivity contribution is 8.00. The number of nitrogen functional groups attached to an aromatic ring is 1. The summed E-state index contributed by atoms with van der Waals surface area (Å²) in [6, 6.07) is -0.801. The number of nitrogens with two attached hydrogens (primary N) is 1. The number of phosphoric acid groups is 1. The summed E-state index contributed by atoms with van der Waals surface area (Å²) in [6.07, 6.45) is -33.9. The third kappa shape index (κ3) is 11.3. The molecule has 0 aliphatic carbocycles. The maximum atomic E-state index is 13.7. The monoisotopic (exact) mass is 984 g/mol. The number of nitrogens with one attached hydrogen (secondary N) is 1. The number of hydrogen-bond donors (Lipinski definition) is 16. The van der Waals surface area contributed by atoms with Crippen molar-refractivity contribution in [2.24, 2.45) is 0 Å². The number of aliphatic carboxylic acids is 1. The minimum absolute atomic E-state index is 0.193. The summed E-state index contributed by atoms with van der Waals surface area (Å²) in [7, 11) is -4.85. The minimum Gasteiger partial charge on any atom is -0.477 e. The normalized spacial score (nSPS) is 41.9. The Morgan fingerprint density at radius 1 is 0.938 bits per heavy atom. The molecule has 1 aromatic rings. The number of ether oxygens (including phenoxy) is 6. The zero-order chi connectivity index (χ0) is 48.5. The van der Waals surface area contributed by atoms with E-state index in [1.165, 1.54) is 0 Å². The molecule has 1 unspecified atom stereocenters. The van der Waals surface area contributed by atoms with Gasteiger partial charge in [0.2, 0.25) is 5.91 Å². The summed E-state index contributed by atoms with van der Waals surface area (Å²) in [4.78, 5) is 52.6. The zero-order valence-electron chi connectivity index (χ0n) is 34.0. The van der Waals surface area contributed by atoms with Crippen LogP contribution in [0.25, 0.3) is 0 Å². The van der Waals surface area contributed by atoms with Crippen molar-refractivity contribution < 1.29 is 123 Å². The molecule has 0 spiro atoms. The van der Waals surface area contributed by atoms with Crippen LogP contribution in [0.2, 0.25) is 0 Å². The molecule has 0 aromatic carbocycles. The topological polar surface area (TPSA) is 481 Å². The Bertz CT molecular complexity index is 1890. The number of amides is 1. The van der Waals surface area contributed by atoms with Crippen LogP contribution in [0.3, 0.4) is 0 Å². The molecule has 22 atom stereocenters. The third-order valence-electron chi connectivity index (χ3n) is 10.9. The van der Waals surface area contributed by atoms with Crippen molar-refractivity contribution in [1.82, 2.24) is 14.9 Å². The van der Waals surface area contributed by atoms with Gasteiger partial charge in [0.05, 0.1) is 43.3 Å². The number of carboxylic acid groups (broad SMARTS) is 1. The number of aromatic nitrogens is 2. The fourth-order valence-corrected chi connectivity index (χ4v) is 9.97. The number of nitrogens with zero attached hydrogens (tertiary/aromatic N) is 2. The molecule has 5 rings (SSSR count). The Balaban J connectivity index is 1.44. The molecule has 4 saturated heterocycles. The number of methoxy groups -OCH3 is 1. The van der Waals surface area contributed by atoms with Gasteiger partial charge in [-0.1, -0.05) is 0 Å². The van der Waals surface area contributed by atoms with E-state index in [1.54, 1.807) is 0 Å². The molecule has 32 heteroatoms. The van der Waals surface area contributed by atoms with E-state index >= 15 is 0 Å². The van der Waals surface area contributed by atoms with E-state index in [-0.39, 0.29) is 17.6 Å². The van der Waals surface area contributed by atoms with Crippen molar-refractivity contribution in [3.8, 4) is 0 Å². The van der Waals surface area contributed by atoms with Crippen molar-refractivity contribution in [2.45, 2.75) is 134 Å². The van der Waals surface area contributed by atoms with Gasteiger partial charge in [-0.25, -0.2) is 18.7 Å². The molecule has 4 aliphatic heterocycles.